The van der Waals surface area contributed by atoms with Crippen molar-refractivity contribution in [1.82, 2.24) is 10.2 Å². The number of nitrogens with zero attached hydrogens (tertiary/aromatic N) is 1. The number of piperidine rings is 1. The highest BCUT2D eigenvalue weighted by Crippen LogP contribution is 2.15. The topological polar surface area (TPSA) is 24.5 Å². The smallest absolute Gasteiger partial charge is 0.0477 e. The van der Waals surface area contributed by atoms with E-state index in [2.05, 4.69) is 24.1 Å². The minimum atomic E-state index is 0.639. The number of rotatable bonds is 6. The molecule has 1 fully saturated rings. The molecule has 0 saturated carbocycles. The molecule has 0 spiro atoms. The Morgan fingerprint density at radius 3 is 2.87 bits per heavy atom. The van der Waals surface area contributed by atoms with E-state index in [1.807, 2.05) is 0 Å². The fourth-order valence-electron chi connectivity index (χ4n) is 2.50. The van der Waals surface area contributed by atoms with Gasteiger partial charge in [0.05, 0.1) is 0 Å². The van der Waals surface area contributed by atoms with Gasteiger partial charge in [0.1, 0.15) is 0 Å². The van der Waals surface area contributed by atoms with Crippen molar-refractivity contribution in [3.8, 4) is 0 Å². The van der Waals surface area contributed by atoms with Crippen molar-refractivity contribution >= 4 is 0 Å². The maximum atomic E-state index is 5.15. The Hall–Kier alpha value is -0.120. The third-order valence-electron chi connectivity index (χ3n) is 3.41. The quantitative estimate of drug-likeness (QED) is 0.725. The molecule has 0 amide bonds. The van der Waals surface area contributed by atoms with E-state index in [0.29, 0.717) is 6.04 Å². The lowest BCUT2D eigenvalue weighted by Crippen LogP contribution is -2.49. The summed E-state index contributed by atoms with van der Waals surface area (Å²) in [5, 5.41) is 3.49. The van der Waals surface area contributed by atoms with Gasteiger partial charge in [-0.2, -0.15) is 0 Å². The largest absolute Gasteiger partial charge is 0.385 e. The summed E-state index contributed by atoms with van der Waals surface area (Å²) in [5.74, 6) is 0. The van der Waals surface area contributed by atoms with Crippen LogP contribution in [0, 0.1) is 0 Å². The van der Waals surface area contributed by atoms with Gasteiger partial charge in [0.2, 0.25) is 0 Å². The van der Waals surface area contributed by atoms with E-state index in [1.54, 1.807) is 7.11 Å². The summed E-state index contributed by atoms with van der Waals surface area (Å²) in [6, 6.07) is 1.37. The van der Waals surface area contributed by atoms with Crippen LogP contribution in [0.4, 0.5) is 0 Å². The number of likely N-dealkylation sites (N-methyl/N-ethyl adjacent to an activating group) is 1. The summed E-state index contributed by atoms with van der Waals surface area (Å²) in [6.07, 6.45) is 3.80. The maximum absolute atomic E-state index is 5.15. The van der Waals surface area contributed by atoms with Crippen LogP contribution in [0.2, 0.25) is 0 Å². The molecule has 1 rings (SSSR count). The average Bonchev–Trinajstić information content (AvgIpc) is 2.29. The average molecular weight is 214 g/mol. The second kappa shape index (κ2) is 7.20. The molecule has 0 aromatic rings. The Balaban J connectivity index is 2.37. The normalized spacial score (nSPS) is 24.4. The van der Waals surface area contributed by atoms with Crippen molar-refractivity contribution in [2.24, 2.45) is 0 Å². The van der Waals surface area contributed by atoms with Crippen LogP contribution < -0.4 is 5.32 Å². The standard InChI is InChI=1S/C12H26N2O/c1-4-14(11(2)7-9-15-3)12-6-5-8-13-10-12/h11-13H,4-10H2,1-3H3. The molecule has 1 N–H and O–H groups in total. The summed E-state index contributed by atoms with van der Waals surface area (Å²) in [5.41, 5.74) is 0. The summed E-state index contributed by atoms with van der Waals surface area (Å²) in [6.45, 7) is 8.95. The van der Waals surface area contributed by atoms with E-state index < -0.39 is 0 Å². The van der Waals surface area contributed by atoms with Gasteiger partial charge in [-0.1, -0.05) is 6.92 Å². The molecule has 0 aliphatic carbocycles. The van der Waals surface area contributed by atoms with Crippen molar-refractivity contribution in [3.63, 3.8) is 0 Å². The molecule has 90 valence electrons. The molecule has 0 aromatic carbocycles. The SMILES string of the molecule is CCN(C(C)CCOC)C1CCCNC1. The van der Waals surface area contributed by atoms with Gasteiger partial charge in [-0.15, -0.1) is 0 Å². The van der Waals surface area contributed by atoms with Crippen LogP contribution in [0.1, 0.15) is 33.1 Å². The monoisotopic (exact) mass is 214 g/mol. The lowest BCUT2D eigenvalue weighted by molar-refractivity contribution is 0.0962. The van der Waals surface area contributed by atoms with Gasteiger partial charge in [-0.3, -0.25) is 4.90 Å². The molecular formula is C12H26N2O. The summed E-state index contributed by atoms with van der Waals surface area (Å²) in [4.78, 5) is 2.62. The van der Waals surface area contributed by atoms with Gasteiger partial charge in [0.25, 0.3) is 0 Å². The summed E-state index contributed by atoms with van der Waals surface area (Å²) < 4.78 is 5.15. The first-order chi connectivity index (χ1) is 7.29. The lowest BCUT2D eigenvalue weighted by Gasteiger charge is -2.38. The Morgan fingerprint density at radius 2 is 2.33 bits per heavy atom. The molecule has 0 radical (unpaired) electrons. The number of hydrogen-bond acceptors (Lipinski definition) is 3. The van der Waals surface area contributed by atoms with Gasteiger partial charge in [0.15, 0.2) is 0 Å². The summed E-state index contributed by atoms with van der Waals surface area (Å²) >= 11 is 0. The third-order valence-corrected chi connectivity index (χ3v) is 3.41. The molecule has 15 heavy (non-hydrogen) atoms. The van der Waals surface area contributed by atoms with Crippen molar-refractivity contribution in [3.05, 3.63) is 0 Å². The Bertz CT molecular complexity index is 158. The van der Waals surface area contributed by atoms with Crippen molar-refractivity contribution < 1.29 is 4.74 Å². The number of ether oxygens (including phenoxy) is 1. The minimum absolute atomic E-state index is 0.639. The van der Waals surface area contributed by atoms with Crippen LogP contribution in [-0.2, 0) is 4.74 Å². The van der Waals surface area contributed by atoms with Crippen LogP contribution in [0.5, 0.6) is 0 Å². The molecule has 3 nitrogen and oxygen atoms in total. The maximum Gasteiger partial charge on any atom is 0.0477 e. The Labute approximate surface area is 94.2 Å². The van der Waals surface area contributed by atoms with E-state index >= 15 is 0 Å². The third kappa shape index (κ3) is 4.09. The molecule has 1 saturated heterocycles. The van der Waals surface area contributed by atoms with E-state index in [0.717, 1.165) is 32.2 Å². The zero-order chi connectivity index (χ0) is 11.1. The van der Waals surface area contributed by atoms with Crippen LogP contribution in [0.15, 0.2) is 0 Å². The minimum Gasteiger partial charge on any atom is -0.385 e. The molecule has 0 bridgehead atoms. The molecule has 3 heteroatoms. The van der Waals surface area contributed by atoms with Crippen LogP contribution in [0.3, 0.4) is 0 Å². The van der Waals surface area contributed by atoms with Crippen molar-refractivity contribution in [1.29, 1.82) is 0 Å². The highest BCUT2D eigenvalue weighted by molar-refractivity contribution is 4.81. The van der Waals surface area contributed by atoms with Crippen LogP contribution in [-0.4, -0.2) is 50.3 Å². The van der Waals surface area contributed by atoms with E-state index in [4.69, 9.17) is 4.74 Å². The molecule has 1 aliphatic heterocycles. The molecule has 1 aliphatic rings. The second-order valence-corrected chi connectivity index (χ2v) is 4.46. The molecule has 0 aromatic heterocycles. The Morgan fingerprint density at radius 1 is 1.53 bits per heavy atom. The molecular weight excluding hydrogens is 188 g/mol. The highest BCUT2D eigenvalue weighted by Gasteiger charge is 2.23. The lowest BCUT2D eigenvalue weighted by atomic mass is 10.0. The van der Waals surface area contributed by atoms with Gasteiger partial charge in [0, 0.05) is 32.3 Å². The second-order valence-electron chi connectivity index (χ2n) is 4.46. The van der Waals surface area contributed by atoms with Gasteiger partial charge in [-0.05, 0) is 39.3 Å². The number of methoxy groups -OCH3 is 1. The Kier molecular flexibility index (Phi) is 6.22. The van der Waals surface area contributed by atoms with E-state index in [-0.39, 0.29) is 0 Å². The van der Waals surface area contributed by atoms with Crippen LogP contribution in [0.25, 0.3) is 0 Å². The van der Waals surface area contributed by atoms with E-state index in [9.17, 15) is 0 Å². The molecule has 2 atom stereocenters. The molecule has 2 unspecified atom stereocenters. The first-order valence-corrected chi connectivity index (χ1v) is 6.25. The zero-order valence-electron chi connectivity index (χ0n) is 10.5. The number of nitrogens with one attached hydrogen (secondary N) is 1. The highest BCUT2D eigenvalue weighted by atomic mass is 16.5. The first-order valence-electron chi connectivity index (χ1n) is 6.25. The van der Waals surface area contributed by atoms with Crippen molar-refractivity contribution in [2.45, 2.75) is 45.2 Å². The predicted molar refractivity (Wildman–Crippen MR) is 64.2 cm³/mol. The fraction of sp³-hybridized carbons (Fsp3) is 1.00. The summed E-state index contributed by atoms with van der Waals surface area (Å²) in [7, 11) is 1.78. The fourth-order valence-corrected chi connectivity index (χ4v) is 2.50. The number of hydrogen-bond donors (Lipinski definition) is 1. The molecule has 1 heterocycles. The van der Waals surface area contributed by atoms with Crippen molar-refractivity contribution in [2.75, 3.05) is 33.4 Å². The van der Waals surface area contributed by atoms with Gasteiger partial charge < -0.3 is 10.1 Å². The van der Waals surface area contributed by atoms with Crippen LogP contribution >= 0.6 is 0 Å². The van der Waals surface area contributed by atoms with E-state index in [1.165, 1.54) is 19.4 Å². The van der Waals surface area contributed by atoms with Gasteiger partial charge >= 0.3 is 0 Å². The predicted octanol–water partition coefficient (Wildman–Crippen LogP) is 1.49. The zero-order valence-corrected chi connectivity index (χ0v) is 10.5. The van der Waals surface area contributed by atoms with Gasteiger partial charge in [-0.25, -0.2) is 0 Å². The first kappa shape index (κ1) is 12.9.